The molecule has 0 spiro atoms. The van der Waals surface area contributed by atoms with E-state index in [0.717, 1.165) is 47.5 Å². The number of aromatic nitrogens is 2. The highest BCUT2D eigenvalue weighted by atomic mass is 32.1. The second-order valence-corrected chi connectivity index (χ2v) is 11.0. The molecule has 2 amide bonds. The van der Waals surface area contributed by atoms with Crippen LogP contribution in [0.4, 0.5) is 10.7 Å². The summed E-state index contributed by atoms with van der Waals surface area (Å²) in [5, 5.41) is 6.42. The molecule has 0 atom stereocenters. The largest absolute Gasteiger partial charge is 0.462 e. The number of anilines is 2. The average molecular weight is 551 g/mol. The van der Waals surface area contributed by atoms with Gasteiger partial charge < -0.3 is 15.4 Å². The molecule has 1 aliphatic rings. The molecule has 4 aromatic rings. The first kappa shape index (κ1) is 25.8. The number of nitrogens with one attached hydrogen (secondary N) is 2. The quantitative estimate of drug-likeness (QED) is 0.320. The number of amides is 2. The van der Waals surface area contributed by atoms with E-state index in [4.69, 9.17) is 4.74 Å². The summed E-state index contributed by atoms with van der Waals surface area (Å²) in [6, 6.07) is 9.05. The molecule has 1 aliphatic carbocycles. The number of carbonyl (C=O) groups excluding carboxylic acids is 3. The molecule has 38 heavy (non-hydrogen) atoms. The van der Waals surface area contributed by atoms with Crippen LogP contribution in [0.2, 0.25) is 0 Å². The van der Waals surface area contributed by atoms with Gasteiger partial charge in [0.15, 0.2) is 0 Å². The van der Waals surface area contributed by atoms with E-state index < -0.39 is 17.4 Å². The van der Waals surface area contributed by atoms with Crippen molar-refractivity contribution in [3.05, 3.63) is 73.5 Å². The summed E-state index contributed by atoms with van der Waals surface area (Å²) < 4.78 is 6.47. The first-order chi connectivity index (χ1) is 18.4. The van der Waals surface area contributed by atoms with Crippen LogP contribution in [0, 0.1) is 6.92 Å². The highest BCUT2D eigenvalue weighted by Gasteiger charge is 2.27. The smallest absolute Gasteiger partial charge is 0.341 e. The number of esters is 1. The van der Waals surface area contributed by atoms with E-state index in [-0.39, 0.29) is 19.1 Å². The molecule has 0 saturated heterocycles. The topological polar surface area (TPSA) is 119 Å². The minimum absolute atomic E-state index is 0.239. The van der Waals surface area contributed by atoms with Gasteiger partial charge in [0.2, 0.25) is 5.91 Å². The molecule has 5 rings (SSSR count). The van der Waals surface area contributed by atoms with Gasteiger partial charge in [-0.15, -0.1) is 22.7 Å². The van der Waals surface area contributed by atoms with Gasteiger partial charge in [-0.2, -0.15) is 0 Å². The summed E-state index contributed by atoms with van der Waals surface area (Å²) in [6.07, 6.45) is 4.96. The molecule has 11 heteroatoms. The number of benzene rings is 1. The molecule has 0 fully saturated rings. The lowest BCUT2D eigenvalue weighted by Crippen LogP contribution is -2.28. The molecule has 196 valence electrons. The Bertz CT molecular complexity index is 1600. The molecule has 1 aromatic carbocycles. The number of fused-ring (bicyclic) bond motifs is 2. The van der Waals surface area contributed by atoms with Crippen molar-refractivity contribution in [2.75, 3.05) is 17.2 Å². The molecule has 0 bridgehead atoms. The van der Waals surface area contributed by atoms with Crippen molar-refractivity contribution in [1.82, 2.24) is 9.55 Å². The third-order valence-corrected chi connectivity index (χ3v) is 8.78. The number of ether oxygens (including phenoxy) is 1. The van der Waals surface area contributed by atoms with Gasteiger partial charge in [0.25, 0.3) is 11.5 Å². The summed E-state index contributed by atoms with van der Waals surface area (Å²) in [6.45, 7) is 3.40. The molecule has 0 saturated carbocycles. The predicted octanol–water partition coefficient (Wildman–Crippen LogP) is 4.77. The van der Waals surface area contributed by atoms with Crippen LogP contribution in [0.15, 0.2) is 41.5 Å². The van der Waals surface area contributed by atoms with E-state index in [1.165, 1.54) is 22.2 Å². The number of carbonyl (C=O) groups is 3. The summed E-state index contributed by atoms with van der Waals surface area (Å²) in [5.74, 6) is -1.22. The number of hydrogen-bond acceptors (Lipinski definition) is 8. The van der Waals surface area contributed by atoms with Crippen LogP contribution in [0.25, 0.3) is 10.2 Å². The standard InChI is InChI=1S/C27H26N4O5S2/c1-3-36-27(35)21-17-11-7-8-12-18(17)37-25(21)30-19(32)13-31-14-28-24-20(26(31)34)15(2)22(38-24)23(33)29-16-9-5-4-6-10-16/h4-6,9-10,14H,3,7-8,11-13H2,1-2H3,(H,29,33)(H,30,32). The zero-order valence-corrected chi connectivity index (χ0v) is 22.6. The highest BCUT2D eigenvalue weighted by Crippen LogP contribution is 2.38. The second-order valence-electron chi connectivity index (χ2n) is 8.92. The third kappa shape index (κ3) is 4.99. The van der Waals surface area contributed by atoms with E-state index in [9.17, 15) is 19.2 Å². The SMILES string of the molecule is CCOC(=O)c1c(NC(=O)Cn2cnc3sc(C(=O)Nc4ccccc4)c(C)c3c2=O)sc2c1CCCC2. The molecular formula is C27H26N4O5S2. The molecule has 0 radical (unpaired) electrons. The van der Waals surface area contributed by atoms with Crippen LogP contribution in [-0.2, 0) is 28.9 Å². The third-order valence-electron chi connectivity index (χ3n) is 6.37. The number of para-hydroxylation sites is 1. The van der Waals surface area contributed by atoms with E-state index in [1.54, 1.807) is 26.0 Å². The molecular weight excluding hydrogens is 524 g/mol. The van der Waals surface area contributed by atoms with E-state index in [1.807, 2.05) is 18.2 Å². The average Bonchev–Trinajstić information content (AvgIpc) is 3.44. The fraction of sp³-hybridized carbons (Fsp3) is 0.296. The fourth-order valence-electron chi connectivity index (χ4n) is 4.59. The maximum atomic E-state index is 13.3. The number of aryl methyl sites for hydroxylation is 2. The van der Waals surface area contributed by atoms with Gasteiger partial charge in [-0.1, -0.05) is 18.2 Å². The molecule has 3 aromatic heterocycles. The number of hydrogen-bond donors (Lipinski definition) is 2. The van der Waals surface area contributed by atoms with Crippen molar-refractivity contribution in [2.24, 2.45) is 0 Å². The zero-order chi connectivity index (χ0) is 26.8. The van der Waals surface area contributed by atoms with Crippen LogP contribution in [-0.4, -0.2) is 33.9 Å². The zero-order valence-electron chi connectivity index (χ0n) is 21.0. The van der Waals surface area contributed by atoms with Crippen molar-refractivity contribution >= 4 is 61.4 Å². The maximum absolute atomic E-state index is 13.3. The first-order valence-corrected chi connectivity index (χ1v) is 14.0. The Balaban J connectivity index is 1.39. The minimum Gasteiger partial charge on any atom is -0.462 e. The van der Waals surface area contributed by atoms with E-state index >= 15 is 0 Å². The van der Waals surface area contributed by atoms with Gasteiger partial charge in [0, 0.05) is 10.6 Å². The van der Waals surface area contributed by atoms with Gasteiger partial charge >= 0.3 is 5.97 Å². The summed E-state index contributed by atoms with van der Waals surface area (Å²) in [4.78, 5) is 58.1. The van der Waals surface area contributed by atoms with Crippen LogP contribution in [0.1, 0.15) is 55.8 Å². The van der Waals surface area contributed by atoms with Gasteiger partial charge in [-0.3, -0.25) is 19.0 Å². The Morgan fingerprint density at radius 2 is 1.84 bits per heavy atom. The molecule has 0 unspecified atom stereocenters. The summed E-state index contributed by atoms with van der Waals surface area (Å²) >= 11 is 2.53. The summed E-state index contributed by atoms with van der Waals surface area (Å²) in [7, 11) is 0. The number of nitrogens with zero attached hydrogens (tertiary/aromatic N) is 2. The van der Waals surface area contributed by atoms with E-state index in [2.05, 4.69) is 15.6 Å². The number of rotatable bonds is 7. The minimum atomic E-state index is -0.452. The predicted molar refractivity (Wildman–Crippen MR) is 149 cm³/mol. The Hall–Kier alpha value is -3.83. The normalized spacial score (nSPS) is 12.7. The fourth-order valence-corrected chi connectivity index (χ4v) is 6.92. The van der Waals surface area contributed by atoms with Crippen LogP contribution >= 0.6 is 22.7 Å². The Labute approximate surface area is 226 Å². The number of thiophene rings is 2. The maximum Gasteiger partial charge on any atom is 0.341 e. The van der Waals surface area contributed by atoms with Crippen LogP contribution < -0.4 is 16.2 Å². The lowest BCUT2D eigenvalue weighted by Gasteiger charge is -2.12. The van der Waals surface area contributed by atoms with Crippen molar-refractivity contribution in [3.8, 4) is 0 Å². The van der Waals surface area contributed by atoms with Crippen LogP contribution in [0.3, 0.4) is 0 Å². The monoisotopic (exact) mass is 550 g/mol. The van der Waals surface area contributed by atoms with Gasteiger partial charge in [-0.25, -0.2) is 9.78 Å². The highest BCUT2D eigenvalue weighted by molar-refractivity contribution is 7.20. The van der Waals surface area contributed by atoms with Crippen molar-refractivity contribution in [1.29, 1.82) is 0 Å². The van der Waals surface area contributed by atoms with Crippen molar-refractivity contribution in [2.45, 2.75) is 46.1 Å². The van der Waals surface area contributed by atoms with E-state index in [0.29, 0.717) is 36.9 Å². The van der Waals surface area contributed by atoms with Crippen molar-refractivity contribution in [3.63, 3.8) is 0 Å². The molecule has 2 N–H and O–H groups in total. The molecule has 0 aliphatic heterocycles. The first-order valence-electron chi connectivity index (χ1n) is 12.3. The van der Waals surface area contributed by atoms with Gasteiger partial charge in [-0.05, 0) is 62.8 Å². The van der Waals surface area contributed by atoms with Gasteiger partial charge in [0.1, 0.15) is 16.4 Å². The summed E-state index contributed by atoms with van der Waals surface area (Å²) in [5.41, 5.74) is 2.12. The Morgan fingerprint density at radius 3 is 2.61 bits per heavy atom. The van der Waals surface area contributed by atoms with Crippen LogP contribution in [0.5, 0.6) is 0 Å². The Morgan fingerprint density at radius 1 is 1.08 bits per heavy atom. The lowest BCUT2D eigenvalue weighted by molar-refractivity contribution is -0.116. The molecule has 9 nitrogen and oxygen atoms in total. The molecule has 3 heterocycles. The second kappa shape index (κ2) is 10.9. The van der Waals surface area contributed by atoms with Gasteiger partial charge in [0.05, 0.1) is 28.8 Å². The van der Waals surface area contributed by atoms with Crippen molar-refractivity contribution < 1.29 is 19.1 Å². The Kier molecular flexibility index (Phi) is 7.39. The lowest BCUT2D eigenvalue weighted by atomic mass is 9.95.